The number of hydrogen-bond donors (Lipinski definition) is 2. The number of carboxylic acid groups (broad SMARTS) is 1. The van der Waals surface area contributed by atoms with Gasteiger partial charge in [-0.05, 0) is 5.56 Å². The molecule has 0 saturated heterocycles. The van der Waals surface area contributed by atoms with Crippen LogP contribution in [0.4, 0.5) is 0 Å². The van der Waals surface area contributed by atoms with Gasteiger partial charge in [0.1, 0.15) is 5.78 Å². The highest BCUT2D eigenvalue weighted by Crippen LogP contribution is 2.27. The number of halogens is 2. The first-order valence-electron chi connectivity index (χ1n) is 4.73. The maximum Gasteiger partial charge on any atom is 0.337 e. The number of carbonyl (C=O) groups is 2. The van der Waals surface area contributed by atoms with E-state index in [1.54, 1.807) is 12.1 Å². The number of Topliss-reactive ketones (excluding diaryl/α,β-unsaturated/α-hetero) is 1. The zero-order valence-corrected chi connectivity index (χ0v) is 11.0. The van der Waals surface area contributed by atoms with Crippen LogP contribution in [0.5, 0.6) is 0 Å². The van der Waals surface area contributed by atoms with Crippen molar-refractivity contribution < 1.29 is 19.8 Å². The quantitative estimate of drug-likeness (QED) is 0.813. The van der Waals surface area contributed by atoms with E-state index in [9.17, 15) is 14.7 Å². The van der Waals surface area contributed by atoms with Crippen LogP contribution in [0.2, 0.25) is 5.02 Å². The fourth-order valence-electron chi connectivity index (χ4n) is 1.34. The Morgan fingerprint density at radius 3 is 2.59 bits per heavy atom. The van der Waals surface area contributed by atoms with E-state index in [1.807, 2.05) is 0 Å². The molecule has 0 heterocycles. The molecular formula is C11H10BrClO4. The number of hydrogen-bond acceptors (Lipinski definition) is 3. The van der Waals surface area contributed by atoms with Crippen molar-refractivity contribution >= 4 is 39.3 Å². The van der Waals surface area contributed by atoms with Gasteiger partial charge in [-0.2, -0.15) is 0 Å². The second kappa shape index (κ2) is 6.14. The molecule has 4 nitrogen and oxygen atoms in total. The van der Waals surface area contributed by atoms with Crippen molar-refractivity contribution in [3.63, 3.8) is 0 Å². The summed E-state index contributed by atoms with van der Waals surface area (Å²) in [5, 5.41) is 18.4. The first kappa shape index (κ1) is 14.2. The van der Waals surface area contributed by atoms with Crippen LogP contribution in [0.25, 0.3) is 0 Å². The van der Waals surface area contributed by atoms with Crippen LogP contribution in [-0.4, -0.2) is 27.3 Å². The number of aliphatic carboxylic acids is 1. The van der Waals surface area contributed by atoms with Crippen LogP contribution in [0.15, 0.2) is 18.2 Å². The number of alkyl halides is 1. The normalized spacial score (nSPS) is 12.2. The molecule has 0 aromatic heterocycles. The standard InChI is InChI=1S/C11H10BrClO4/c12-5-7(14)4-6-2-1-3-8(9(6)13)10(15)11(16)17/h1-3,10,15H,4-5H2,(H,16,17). The Bertz CT molecular complexity index is 447. The molecule has 1 unspecified atom stereocenters. The fraction of sp³-hybridized carbons (Fsp3) is 0.273. The van der Waals surface area contributed by atoms with Gasteiger partial charge >= 0.3 is 5.97 Å². The molecule has 1 aromatic carbocycles. The van der Waals surface area contributed by atoms with Gasteiger partial charge in [-0.25, -0.2) is 4.79 Å². The Hall–Kier alpha value is -0.910. The molecule has 92 valence electrons. The van der Waals surface area contributed by atoms with Crippen molar-refractivity contribution in [2.24, 2.45) is 0 Å². The van der Waals surface area contributed by atoms with Crippen molar-refractivity contribution in [3.05, 3.63) is 34.3 Å². The average Bonchev–Trinajstić information content (AvgIpc) is 2.30. The Morgan fingerprint density at radius 2 is 2.06 bits per heavy atom. The van der Waals surface area contributed by atoms with Crippen LogP contribution in [0, 0.1) is 0 Å². The molecule has 1 rings (SSSR count). The summed E-state index contributed by atoms with van der Waals surface area (Å²) in [5.74, 6) is -1.45. The zero-order chi connectivity index (χ0) is 13.0. The average molecular weight is 322 g/mol. The third-order valence-corrected chi connectivity index (χ3v) is 3.26. The number of rotatable bonds is 5. The number of aliphatic hydroxyl groups excluding tert-OH is 1. The molecule has 0 aliphatic heterocycles. The van der Waals surface area contributed by atoms with Crippen LogP contribution in [0.3, 0.4) is 0 Å². The molecule has 0 spiro atoms. The van der Waals surface area contributed by atoms with Gasteiger partial charge < -0.3 is 10.2 Å². The van der Waals surface area contributed by atoms with Crippen LogP contribution < -0.4 is 0 Å². The minimum absolute atomic E-state index is 0.0751. The Kier molecular flexibility index (Phi) is 5.11. The minimum atomic E-state index is -1.68. The van der Waals surface area contributed by atoms with Crippen molar-refractivity contribution in [2.75, 3.05) is 5.33 Å². The molecule has 0 aliphatic rings. The summed E-state index contributed by atoms with van der Waals surface area (Å²) in [7, 11) is 0. The second-order valence-corrected chi connectivity index (χ2v) is 4.35. The molecule has 6 heteroatoms. The molecule has 0 radical (unpaired) electrons. The van der Waals surface area contributed by atoms with E-state index in [0.29, 0.717) is 5.56 Å². The maximum atomic E-state index is 11.3. The summed E-state index contributed by atoms with van der Waals surface area (Å²) in [4.78, 5) is 21.9. The molecule has 0 fully saturated rings. The van der Waals surface area contributed by atoms with Crippen molar-refractivity contribution in [1.29, 1.82) is 0 Å². The smallest absolute Gasteiger partial charge is 0.337 e. The molecule has 0 bridgehead atoms. The summed E-state index contributed by atoms with van der Waals surface area (Å²) in [6.45, 7) is 0. The highest BCUT2D eigenvalue weighted by Gasteiger charge is 2.20. The van der Waals surface area contributed by atoms with Gasteiger partial charge in [-0.15, -0.1) is 0 Å². The van der Waals surface area contributed by atoms with E-state index >= 15 is 0 Å². The monoisotopic (exact) mass is 320 g/mol. The molecule has 0 amide bonds. The Labute approximate surface area is 111 Å². The molecule has 17 heavy (non-hydrogen) atoms. The summed E-state index contributed by atoms with van der Waals surface area (Å²) in [5.41, 5.74) is 0.605. The van der Waals surface area contributed by atoms with E-state index in [1.165, 1.54) is 6.07 Å². The van der Waals surface area contributed by atoms with Crippen molar-refractivity contribution in [3.8, 4) is 0 Å². The predicted octanol–water partition coefficient (Wildman–Crippen LogP) is 1.96. The fourth-order valence-corrected chi connectivity index (χ4v) is 1.83. The van der Waals surface area contributed by atoms with E-state index in [2.05, 4.69) is 15.9 Å². The minimum Gasteiger partial charge on any atom is -0.479 e. The van der Waals surface area contributed by atoms with Gasteiger partial charge in [0.05, 0.1) is 10.4 Å². The van der Waals surface area contributed by atoms with Crippen molar-refractivity contribution in [1.82, 2.24) is 0 Å². The third-order valence-electron chi connectivity index (χ3n) is 2.17. The summed E-state index contributed by atoms with van der Waals surface area (Å²) < 4.78 is 0. The lowest BCUT2D eigenvalue weighted by Gasteiger charge is -2.11. The van der Waals surface area contributed by atoms with Gasteiger partial charge in [0.25, 0.3) is 0 Å². The van der Waals surface area contributed by atoms with Gasteiger partial charge in [-0.1, -0.05) is 45.7 Å². The molecule has 0 saturated carbocycles. The van der Waals surface area contributed by atoms with Gasteiger partial charge in [0.2, 0.25) is 0 Å². The Morgan fingerprint density at radius 1 is 1.41 bits per heavy atom. The molecule has 1 aromatic rings. The summed E-state index contributed by atoms with van der Waals surface area (Å²) >= 11 is 8.99. The summed E-state index contributed by atoms with van der Waals surface area (Å²) in [6, 6.07) is 4.61. The number of ketones is 1. The lowest BCUT2D eigenvalue weighted by atomic mass is 10.0. The number of aliphatic hydroxyl groups is 1. The lowest BCUT2D eigenvalue weighted by Crippen LogP contribution is -2.12. The van der Waals surface area contributed by atoms with Crippen LogP contribution in [-0.2, 0) is 16.0 Å². The first-order valence-corrected chi connectivity index (χ1v) is 6.23. The number of benzene rings is 1. The molecule has 1 atom stereocenters. The zero-order valence-electron chi connectivity index (χ0n) is 8.69. The number of carboxylic acids is 1. The van der Waals surface area contributed by atoms with Crippen molar-refractivity contribution in [2.45, 2.75) is 12.5 Å². The first-order chi connectivity index (χ1) is 7.97. The van der Waals surface area contributed by atoms with Gasteiger partial charge in [0, 0.05) is 12.0 Å². The number of carbonyl (C=O) groups excluding carboxylic acids is 1. The van der Waals surface area contributed by atoms with E-state index in [4.69, 9.17) is 16.7 Å². The van der Waals surface area contributed by atoms with E-state index < -0.39 is 12.1 Å². The van der Waals surface area contributed by atoms with Gasteiger partial charge in [-0.3, -0.25) is 4.79 Å². The lowest BCUT2D eigenvalue weighted by molar-refractivity contribution is -0.146. The highest BCUT2D eigenvalue weighted by atomic mass is 79.9. The van der Waals surface area contributed by atoms with Crippen LogP contribution in [0.1, 0.15) is 17.2 Å². The molecular weight excluding hydrogens is 311 g/mol. The van der Waals surface area contributed by atoms with Crippen LogP contribution >= 0.6 is 27.5 Å². The predicted molar refractivity (Wildman–Crippen MR) is 66.6 cm³/mol. The third kappa shape index (κ3) is 3.52. The highest BCUT2D eigenvalue weighted by molar-refractivity contribution is 9.09. The second-order valence-electron chi connectivity index (χ2n) is 3.41. The summed E-state index contributed by atoms with van der Waals surface area (Å²) in [6.07, 6.45) is -1.58. The largest absolute Gasteiger partial charge is 0.479 e. The van der Waals surface area contributed by atoms with Gasteiger partial charge in [0.15, 0.2) is 6.10 Å². The van der Waals surface area contributed by atoms with E-state index in [0.717, 1.165) is 0 Å². The molecule has 0 aliphatic carbocycles. The topological polar surface area (TPSA) is 74.6 Å². The Balaban J connectivity index is 3.07. The molecule has 2 N–H and O–H groups in total. The maximum absolute atomic E-state index is 11.3. The van der Waals surface area contributed by atoms with E-state index in [-0.39, 0.29) is 28.1 Å². The SMILES string of the molecule is O=C(CBr)Cc1cccc(C(O)C(=O)O)c1Cl.